The summed E-state index contributed by atoms with van der Waals surface area (Å²) in [6, 6.07) is 0. The van der Waals surface area contributed by atoms with Gasteiger partial charge in [0.25, 0.3) is 0 Å². The van der Waals surface area contributed by atoms with Crippen molar-refractivity contribution in [2.24, 2.45) is 0 Å². The van der Waals surface area contributed by atoms with E-state index in [2.05, 4.69) is 15.4 Å². The minimum atomic E-state index is -5.08. The molecule has 0 unspecified atom stereocenters. The van der Waals surface area contributed by atoms with Gasteiger partial charge in [-0.3, -0.25) is 0 Å². The van der Waals surface area contributed by atoms with Crippen LogP contribution < -0.4 is 0 Å². The highest BCUT2D eigenvalue weighted by Gasteiger charge is 2.38. The molecule has 1 aromatic rings. The second-order valence-electron chi connectivity index (χ2n) is 1.46. The van der Waals surface area contributed by atoms with Crippen LogP contribution in [0.5, 0.6) is 0 Å². The van der Waals surface area contributed by atoms with Gasteiger partial charge in [0.2, 0.25) is 0 Å². The first kappa shape index (κ1) is 10.4. The number of nitrogens with one attached hydrogen (secondary N) is 1. The Bertz CT molecular complexity index is 203. The van der Waals surface area contributed by atoms with Crippen molar-refractivity contribution in [3.05, 3.63) is 12.4 Å². The van der Waals surface area contributed by atoms with Gasteiger partial charge in [0, 0.05) is 0 Å². The van der Waals surface area contributed by atoms with E-state index < -0.39 is 12.1 Å². The Labute approximate surface area is 64.2 Å². The molecule has 1 aromatic heterocycles. The number of aliphatic carboxylic acids is 1. The Hall–Kier alpha value is -1.60. The number of hydrogen-bond acceptors (Lipinski definition) is 3. The highest BCUT2D eigenvalue weighted by molar-refractivity contribution is 5.73. The number of nitrogens with zero attached hydrogens (tertiary/aromatic N) is 2. The number of hydrogen-bond donors (Lipinski definition) is 2. The molecule has 0 saturated carbocycles. The van der Waals surface area contributed by atoms with Gasteiger partial charge in [0.05, 0.1) is 12.4 Å². The average Bonchev–Trinajstić information content (AvgIpc) is 2.39. The molecule has 12 heavy (non-hydrogen) atoms. The summed E-state index contributed by atoms with van der Waals surface area (Å²) >= 11 is 0. The third-order valence-corrected chi connectivity index (χ3v) is 0.574. The Morgan fingerprint density at radius 1 is 1.33 bits per heavy atom. The molecule has 0 radical (unpaired) electrons. The van der Waals surface area contributed by atoms with E-state index in [0.717, 1.165) is 0 Å². The third kappa shape index (κ3) is 5.21. The maximum absolute atomic E-state index is 10.6. The molecular formula is C4H4F3N3O2. The minimum absolute atomic E-state index is 1.58. The van der Waals surface area contributed by atoms with Crippen LogP contribution in [0.25, 0.3) is 0 Å². The predicted molar refractivity (Wildman–Crippen MR) is 30.1 cm³/mol. The van der Waals surface area contributed by atoms with Crippen molar-refractivity contribution in [3.63, 3.8) is 0 Å². The van der Waals surface area contributed by atoms with Crippen LogP contribution in [-0.4, -0.2) is 32.7 Å². The van der Waals surface area contributed by atoms with Crippen molar-refractivity contribution in [2.75, 3.05) is 0 Å². The molecule has 0 aromatic carbocycles. The monoisotopic (exact) mass is 183 g/mol. The van der Waals surface area contributed by atoms with Gasteiger partial charge in [-0.25, -0.2) is 4.79 Å². The summed E-state index contributed by atoms with van der Waals surface area (Å²) in [7, 11) is 0. The molecule has 5 nitrogen and oxygen atoms in total. The second-order valence-corrected chi connectivity index (χ2v) is 1.46. The van der Waals surface area contributed by atoms with Crippen LogP contribution in [0.3, 0.4) is 0 Å². The van der Waals surface area contributed by atoms with Gasteiger partial charge < -0.3 is 5.11 Å². The zero-order valence-corrected chi connectivity index (χ0v) is 5.54. The van der Waals surface area contributed by atoms with Crippen molar-refractivity contribution in [1.29, 1.82) is 0 Å². The zero-order chi connectivity index (χ0) is 9.61. The van der Waals surface area contributed by atoms with Crippen molar-refractivity contribution in [1.82, 2.24) is 15.4 Å². The Morgan fingerprint density at radius 3 is 1.75 bits per heavy atom. The lowest BCUT2D eigenvalue weighted by Crippen LogP contribution is -2.21. The van der Waals surface area contributed by atoms with E-state index in [1.54, 1.807) is 12.4 Å². The van der Waals surface area contributed by atoms with Crippen LogP contribution in [0.15, 0.2) is 12.4 Å². The number of carbonyl (C=O) groups is 1. The van der Waals surface area contributed by atoms with Gasteiger partial charge in [0.1, 0.15) is 0 Å². The fourth-order valence-corrected chi connectivity index (χ4v) is 0.167. The maximum Gasteiger partial charge on any atom is 0.490 e. The fourth-order valence-electron chi connectivity index (χ4n) is 0.167. The summed E-state index contributed by atoms with van der Waals surface area (Å²) in [4.78, 5) is 8.90. The summed E-state index contributed by atoms with van der Waals surface area (Å²) in [6.45, 7) is 0. The Kier molecular flexibility index (Phi) is 3.74. The van der Waals surface area contributed by atoms with Crippen molar-refractivity contribution in [2.45, 2.75) is 6.18 Å². The fraction of sp³-hybridized carbons (Fsp3) is 0.250. The van der Waals surface area contributed by atoms with Gasteiger partial charge >= 0.3 is 12.1 Å². The largest absolute Gasteiger partial charge is 0.490 e. The molecular weight excluding hydrogens is 179 g/mol. The summed E-state index contributed by atoms with van der Waals surface area (Å²) in [6.07, 6.45) is -1.92. The third-order valence-electron chi connectivity index (χ3n) is 0.574. The van der Waals surface area contributed by atoms with Crippen LogP contribution >= 0.6 is 0 Å². The van der Waals surface area contributed by atoms with E-state index in [4.69, 9.17) is 9.90 Å². The summed E-state index contributed by atoms with van der Waals surface area (Å²) in [5.41, 5.74) is 0. The van der Waals surface area contributed by atoms with Gasteiger partial charge in [-0.1, -0.05) is 0 Å². The van der Waals surface area contributed by atoms with E-state index in [9.17, 15) is 13.2 Å². The smallest absolute Gasteiger partial charge is 0.475 e. The molecule has 0 amide bonds. The standard InChI is InChI=1S/C2HF3O2.C2H3N3/c3-2(4,5)1(6)7;1-2-4-5-3-1/h(H,6,7);1-2H,(H,3,4,5). The molecule has 0 aliphatic carbocycles. The van der Waals surface area contributed by atoms with Crippen molar-refractivity contribution in [3.8, 4) is 0 Å². The van der Waals surface area contributed by atoms with Gasteiger partial charge in [-0.15, -0.1) is 0 Å². The van der Waals surface area contributed by atoms with Crippen LogP contribution in [0.2, 0.25) is 0 Å². The first-order valence-electron chi connectivity index (χ1n) is 2.54. The van der Waals surface area contributed by atoms with Crippen molar-refractivity contribution < 1.29 is 23.1 Å². The van der Waals surface area contributed by atoms with E-state index in [-0.39, 0.29) is 0 Å². The highest BCUT2D eigenvalue weighted by Crippen LogP contribution is 2.13. The van der Waals surface area contributed by atoms with Gasteiger partial charge in [-0.2, -0.15) is 28.6 Å². The van der Waals surface area contributed by atoms with E-state index >= 15 is 0 Å². The summed E-state index contributed by atoms with van der Waals surface area (Å²) < 4.78 is 31.7. The zero-order valence-electron chi connectivity index (χ0n) is 5.54. The number of rotatable bonds is 0. The summed E-state index contributed by atoms with van der Waals surface area (Å²) in [5, 5.41) is 16.5. The number of aromatic nitrogens is 3. The van der Waals surface area contributed by atoms with Gasteiger partial charge in [-0.05, 0) is 0 Å². The average molecular weight is 183 g/mol. The van der Waals surface area contributed by atoms with Crippen LogP contribution in [0.1, 0.15) is 0 Å². The lowest BCUT2D eigenvalue weighted by atomic mass is 10.7. The lowest BCUT2D eigenvalue weighted by molar-refractivity contribution is -0.192. The molecule has 1 rings (SSSR count). The molecule has 0 saturated heterocycles. The normalized spacial score (nSPS) is 9.92. The van der Waals surface area contributed by atoms with Crippen LogP contribution in [0.4, 0.5) is 13.2 Å². The molecule has 0 fully saturated rings. The number of halogens is 3. The number of carboxylic acids is 1. The molecule has 0 bridgehead atoms. The van der Waals surface area contributed by atoms with Crippen molar-refractivity contribution >= 4 is 5.97 Å². The van der Waals surface area contributed by atoms with Crippen LogP contribution in [-0.2, 0) is 4.79 Å². The number of aromatic amines is 1. The number of carboxylic acid groups (broad SMARTS) is 1. The molecule has 0 aliphatic heterocycles. The Balaban J connectivity index is 0.000000211. The molecule has 8 heteroatoms. The first-order chi connectivity index (χ1) is 5.44. The quantitative estimate of drug-likeness (QED) is 0.611. The summed E-state index contributed by atoms with van der Waals surface area (Å²) in [5.74, 6) is -2.76. The first-order valence-corrected chi connectivity index (χ1v) is 2.54. The molecule has 0 spiro atoms. The SMILES string of the molecule is O=C(O)C(F)(F)F.c1cn[nH]n1. The van der Waals surface area contributed by atoms with Crippen LogP contribution in [0, 0.1) is 0 Å². The molecule has 0 aliphatic rings. The predicted octanol–water partition coefficient (Wildman–Crippen LogP) is 0.438. The van der Waals surface area contributed by atoms with E-state index in [0.29, 0.717) is 0 Å². The second kappa shape index (κ2) is 4.31. The molecule has 1 heterocycles. The Morgan fingerprint density at radius 2 is 1.67 bits per heavy atom. The number of H-pyrrole nitrogens is 1. The number of alkyl halides is 3. The topological polar surface area (TPSA) is 78.9 Å². The minimum Gasteiger partial charge on any atom is -0.475 e. The lowest BCUT2D eigenvalue weighted by Gasteiger charge is -1.93. The molecule has 68 valence electrons. The van der Waals surface area contributed by atoms with E-state index in [1.165, 1.54) is 0 Å². The molecule has 2 N–H and O–H groups in total. The molecule has 0 atom stereocenters. The maximum atomic E-state index is 10.6. The highest BCUT2D eigenvalue weighted by atomic mass is 19.4. The van der Waals surface area contributed by atoms with E-state index in [1.807, 2.05) is 0 Å². The van der Waals surface area contributed by atoms with Gasteiger partial charge in [0.15, 0.2) is 0 Å².